The van der Waals surface area contributed by atoms with Crippen LogP contribution in [0.3, 0.4) is 0 Å². The van der Waals surface area contributed by atoms with E-state index in [9.17, 15) is 18.8 Å². The maximum absolute atomic E-state index is 13.7. The predicted octanol–water partition coefficient (Wildman–Crippen LogP) is 4.77. The number of halogens is 2. The molecular formula is C29H27F2N5O. The monoisotopic (exact) mass is 499 g/mol. The smallest absolute Gasteiger partial charge is 0.252 e. The first-order valence-corrected chi connectivity index (χ1v) is 12.3. The van der Waals surface area contributed by atoms with E-state index in [0.717, 1.165) is 17.5 Å². The van der Waals surface area contributed by atoms with Crippen LogP contribution < -0.4 is 10.5 Å². The van der Waals surface area contributed by atoms with Gasteiger partial charge in [0.25, 0.3) is 5.56 Å². The Kier molecular flexibility index (Phi) is 6.72. The van der Waals surface area contributed by atoms with Crippen molar-refractivity contribution in [3.63, 3.8) is 0 Å². The summed E-state index contributed by atoms with van der Waals surface area (Å²) in [4.78, 5) is 21.8. The summed E-state index contributed by atoms with van der Waals surface area (Å²) < 4.78 is 29.0. The second-order valence-electron chi connectivity index (χ2n) is 9.35. The van der Waals surface area contributed by atoms with Gasteiger partial charge in [-0.05, 0) is 53.9 Å². The van der Waals surface area contributed by atoms with Crippen molar-refractivity contribution in [1.29, 1.82) is 5.26 Å². The van der Waals surface area contributed by atoms with Crippen LogP contribution in [0, 0.1) is 23.0 Å². The van der Waals surface area contributed by atoms with Crippen molar-refractivity contribution in [1.82, 2.24) is 14.5 Å². The van der Waals surface area contributed by atoms with Gasteiger partial charge in [0, 0.05) is 38.8 Å². The number of nitriles is 1. The Morgan fingerprint density at radius 2 is 1.62 bits per heavy atom. The maximum atomic E-state index is 13.7. The molecule has 1 fully saturated rings. The lowest BCUT2D eigenvalue weighted by Gasteiger charge is -2.46. The van der Waals surface area contributed by atoms with Crippen LogP contribution in [0.2, 0.25) is 0 Å². The van der Waals surface area contributed by atoms with Gasteiger partial charge in [-0.2, -0.15) is 5.26 Å². The second kappa shape index (κ2) is 10.1. The number of pyridine rings is 2. The molecule has 4 aromatic rings. The summed E-state index contributed by atoms with van der Waals surface area (Å²) >= 11 is 0. The summed E-state index contributed by atoms with van der Waals surface area (Å²) in [6.45, 7) is 4.03. The van der Waals surface area contributed by atoms with Crippen LogP contribution in [0.4, 0.5) is 14.5 Å². The number of fused-ring (bicyclic) bond motifs is 1. The molecule has 8 heteroatoms. The number of aromatic nitrogens is 2. The Morgan fingerprint density at radius 1 is 1.00 bits per heavy atom. The number of rotatable bonds is 5. The molecule has 37 heavy (non-hydrogen) atoms. The molecule has 6 nitrogen and oxygen atoms in total. The van der Waals surface area contributed by atoms with E-state index in [1.807, 2.05) is 0 Å². The van der Waals surface area contributed by atoms with Gasteiger partial charge < -0.3 is 9.47 Å². The maximum Gasteiger partial charge on any atom is 0.252 e. The third-order valence-electron chi connectivity index (χ3n) is 7.23. The molecule has 0 N–H and O–H groups in total. The minimum atomic E-state index is -0.305. The minimum absolute atomic E-state index is 0.0899. The lowest BCUT2D eigenvalue weighted by Crippen LogP contribution is -2.54. The van der Waals surface area contributed by atoms with E-state index >= 15 is 0 Å². The van der Waals surface area contributed by atoms with Gasteiger partial charge in [-0.15, -0.1) is 0 Å². The van der Waals surface area contributed by atoms with Crippen molar-refractivity contribution in [2.45, 2.75) is 25.4 Å². The SMILES string of the molecule is CC[C@H]1CN(c2cc(=O)n(C)c3ccc(C#N)nc23)CCN1C(c1ccc(F)cc1)c1ccc(F)cc1. The average molecular weight is 500 g/mol. The molecule has 1 saturated heterocycles. The molecule has 0 bridgehead atoms. The van der Waals surface area contributed by atoms with Gasteiger partial charge in [-0.3, -0.25) is 9.69 Å². The third kappa shape index (κ3) is 4.70. The van der Waals surface area contributed by atoms with Gasteiger partial charge in [0.15, 0.2) is 0 Å². The van der Waals surface area contributed by atoms with Crippen LogP contribution in [0.25, 0.3) is 11.0 Å². The summed E-state index contributed by atoms with van der Waals surface area (Å²) in [5.41, 5.74) is 4.03. The fourth-order valence-corrected chi connectivity index (χ4v) is 5.27. The summed E-state index contributed by atoms with van der Waals surface area (Å²) in [6, 6.07) is 19.9. The first-order chi connectivity index (χ1) is 17.9. The number of anilines is 1. The number of nitrogens with zero attached hydrogens (tertiary/aromatic N) is 5. The van der Waals surface area contributed by atoms with Gasteiger partial charge in [0.05, 0.1) is 17.2 Å². The predicted molar refractivity (Wildman–Crippen MR) is 139 cm³/mol. The van der Waals surface area contributed by atoms with Gasteiger partial charge in [0.1, 0.15) is 28.9 Å². The van der Waals surface area contributed by atoms with Gasteiger partial charge >= 0.3 is 0 Å². The van der Waals surface area contributed by atoms with E-state index in [0.29, 0.717) is 42.0 Å². The number of piperazine rings is 1. The van der Waals surface area contributed by atoms with Crippen molar-refractivity contribution in [3.05, 3.63) is 106 Å². The Hall–Kier alpha value is -4.09. The van der Waals surface area contributed by atoms with Gasteiger partial charge in [0.2, 0.25) is 0 Å². The molecule has 5 rings (SSSR count). The molecule has 188 valence electrons. The van der Waals surface area contributed by atoms with E-state index in [2.05, 4.69) is 27.8 Å². The molecule has 1 atom stereocenters. The van der Waals surface area contributed by atoms with Crippen LogP contribution in [-0.2, 0) is 7.05 Å². The number of benzene rings is 2. The molecule has 0 saturated carbocycles. The van der Waals surface area contributed by atoms with Gasteiger partial charge in [-0.25, -0.2) is 13.8 Å². The van der Waals surface area contributed by atoms with Gasteiger partial charge in [-0.1, -0.05) is 31.2 Å². The zero-order chi connectivity index (χ0) is 26.1. The Labute approximate surface area is 214 Å². The summed E-state index contributed by atoms with van der Waals surface area (Å²) in [5.74, 6) is -0.611. The Bertz CT molecular complexity index is 1480. The zero-order valence-corrected chi connectivity index (χ0v) is 20.7. The van der Waals surface area contributed by atoms with Crippen LogP contribution in [0.15, 0.2) is 71.5 Å². The largest absolute Gasteiger partial charge is 0.367 e. The van der Waals surface area contributed by atoms with E-state index in [1.165, 1.54) is 24.3 Å². The van der Waals surface area contributed by atoms with Crippen LogP contribution in [0.5, 0.6) is 0 Å². The van der Waals surface area contributed by atoms with Crippen LogP contribution >= 0.6 is 0 Å². The van der Waals surface area contributed by atoms with E-state index < -0.39 is 0 Å². The Morgan fingerprint density at radius 3 is 2.19 bits per heavy atom. The van der Waals surface area contributed by atoms with Crippen molar-refractivity contribution in [2.24, 2.45) is 7.05 Å². The first-order valence-electron chi connectivity index (χ1n) is 12.3. The molecule has 1 aliphatic heterocycles. The molecule has 0 spiro atoms. The highest BCUT2D eigenvalue weighted by atomic mass is 19.1. The van der Waals surface area contributed by atoms with E-state index in [1.54, 1.807) is 54.1 Å². The molecule has 3 heterocycles. The average Bonchev–Trinajstić information content (AvgIpc) is 2.92. The minimum Gasteiger partial charge on any atom is -0.367 e. The fourth-order valence-electron chi connectivity index (χ4n) is 5.27. The van der Waals surface area contributed by atoms with E-state index in [4.69, 9.17) is 0 Å². The molecule has 0 amide bonds. The molecule has 0 aliphatic carbocycles. The van der Waals surface area contributed by atoms with Crippen molar-refractivity contribution in [2.75, 3.05) is 24.5 Å². The highest BCUT2D eigenvalue weighted by Gasteiger charge is 2.34. The molecule has 0 unspecified atom stereocenters. The highest BCUT2D eigenvalue weighted by Crippen LogP contribution is 2.35. The molecule has 1 aliphatic rings. The molecular weight excluding hydrogens is 472 g/mol. The van der Waals surface area contributed by atoms with Crippen molar-refractivity contribution in [3.8, 4) is 6.07 Å². The number of hydrogen-bond donors (Lipinski definition) is 0. The number of aryl methyl sites for hydroxylation is 1. The summed E-state index contributed by atoms with van der Waals surface area (Å²) in [6.07, 6.45) is 0.828. The topological polar surface area (TPSA) is 65.2 Å². The highest BCUT2D eigenvalue weighted by molar-refractivity contribution is 5.88. The number of hydrogen-bond acceptors (Lipinski definition) is 5. The third-order valence-corrected chi connectivity index (χ3v) is 7.23. The van der Waals surface area contributed by atoms with Crippen molar-refractivity contribution < 1.29 is 8.78 Å². The molecule has 0 radical (unpaired) electrons. The first kappa shape index (κ1) is 24.6. The van der Waals surface area contributed by atoms with E-state index in [-0.39, 0.29) is 29.3 Å². The summed E-state index contributed by atoms with van der Waals surface area (Å²) in [5, 5.41) is 9.40. The van der Waals surface area contributed by atoms with Crippen molar-refractivity contribution >= 4 is 16.7 Å². The van der Waals surface area contributed by atoms with Crippen LogP contribution in [-0.4, -0.2) is 40.1 Å². The molecule has 2 aromatic heterocycles. The standard InChI is InChI=1S/C29H27F2N5O/c1-3-24-18-35(26-16-27(37)34(2)25-13-12-23(17-32)33-28(25)26)14-15-36(24)29(19-4-8-21(30)9-5-19)20-6-10-22(31)11-7-20/h4-13,16,24,29H,3,14-15,18H2,1-2H3/t24-/m0/s1. The Balaban J connectivity index is 1.54. The summed E-state index contributed by atoms with van der Waals surface area (Å²) in [7, 11) is 1.70. The van der Waals surface area contributed by atoms with Crippen LogP contribution in [0.1, 0.15) is 36.2 Å². The quantitative estimate of drug-likeness (QED) is 0.396. The second-order valence-corrected chi connectivity index (χ2v) is 9.35. The fraction of sp³-hybridized carbons (Fsp3) is 0.276. The lowest BCUT2D eigenvalue weighted by atomic mass is 9.93. The normalized spacial score (nSPS) is 16.3. The lowest BCUT2D eigenvalue weighted by molar-refractivity contribution is 0.135. The zero-order valence-electron chi connectivity index (χ0n) is 20.7. The molecule has 2 aromatic carbocycles.